The second-order valence-corrected chi connectivity index (χ2v) is 12.3. The number of likely N-dealkylation sites (tertiary alicyclic amines) is 2. The zero-order chi connectivity index (χ0) is 29.7. The zero-order valence-corrected chi connectivity index (χ0v) is 25.1. The number of benzene rings is 1. The number of amides is 2. The van der Waals surface area contributed by atoms with Crippen molar-refractivity contribution in [3.8, 4) is 10.4 Å². The number of piperidine rings is 1. The number of aromatic nitrogens is 1. The monoisotopic (exact) mass is 579 g/mol. The number of aldehydes is 1. The number of nitrogens with zero attached hydrogens (tertiary/aromatic N) is 3. The van der Waals surface area contributed by atoms with E-state index in [9.17, 15) is 19.5 Å². The summed E-state index contributed by atoms with van der Waals surface area (Å²) in [6, 6.07) is 7.23. The number of rotatable bonds is 9. The SMILES string of the molecule is Cc1ncsc1-c1ccc(C(C)NC(=O)C2CCCN2C(=O)[C@@H](/C(O)=C/C(=N)N2CCC(C=O)CC2)C(C)C)cc1. The van der Waals surface area contributed by atoms with Crippen LogP contribution in [0.3, 0.4) is 0 Å². The minimum absolute atomic E-state index is 0.00925. The number of carbonyl (C=O) groups is 3. The van der Waals surface area contributed by atoms with E-state index < -0.39 is 12.0 Å². The lowest BCUT2D eigenvalue weighted by Gasteiger charge is -2.32. The fraction of sp³-hybridized carbons (Fsp3) is 0.516. The molecule has 2 unspecified atom stereocenters. The first-order chi connectivity index (χ1) is 19.6. The number of nitrogens with one attached hydrogen (secondary N) is 2. The van der Waals surface area contributed by atoms with Crippen LogP contribution in [0.4, 0.5) is 0 Å². The molecule has 2 amide bonds. The van der Waals surface area contributed by atoms with Crippen LogP contribution < -0.4 is 5.32 Å². The van der Waals surface area contributed by atoms with Crippen LogP contribution in [0.1, 0.15) is 63.8 Å². The second kappa shape index (κ2) is 13.4. The summed E-state index contributed by atoms with van der Waals surface area (Å²) in [7, 11) is 0. The van der Waals surface area contributed by atoms with Crippen molar-refractivity contribution in [2.75, 3.05) is 19.6 Å². The van der Waals surface area contributed by atoms with E-state index in [1.807, 2.05) is 62.4 Å². The van der Waals surface area contributed by atoms with E-state index in [1.54, 1.807) is 16.2 Å². The van der Waals surface area contributed by atoms with Gasteiger partial charge in [0.2, 0.25) is 11.8 Å². The summed E-state index contributed by atoms with van der Waals surface area (Å²) in [4.78, 5) is 47.0. The third kappa shape index (κ3) is 7.04. The van der Waals surface area contributed by atoms with E-state index in [2.05, 4.69) is 10.3 Å². The van der Waals surface area contributed by atoms with E-state index in [-0.39, 0.29) is 41.3 Å². The lowest BCUT2D eigenvalue weighted by atomic mass is 9.91. The molecule has 0 bridgehead atoms. The molecule has 0 saturated carbocycles. The number of hydrogen-bond donors (Lipinski definition) is 3. The van der Waals surface area contributed by atoms with Crippen LogP contribution in [0.15, 0.2) is 41.6 Å². The van der Waals surface area contributed by atoms with Crippen molar-refractivity contribution in [3.05, 3.63) is 52.9 Å². The van der Waals surface area contributed by atoms with Gasteiger partial charge < -0.3 is 25.0 Å². The molecule has 2 fully saturated rings. The number of aliphatic hydroxyl groups excluding tert-OH is 1. The van der Waals surface area contributed by atoms with E-state index in [0.717, 1.165) is 28.0 Å². The molecular formula is C31H41N5O4S. The van der Waals surface area contributed by atoms with Gasteiger partial charge in [-0.15, -0.1) is 11.3 Å². The molecule has 9 nitrogen and oxygen atoms in total. The number of carbonyl (C=O) groups excluding carboxylic acids is 3. The van der Waals surface area contributed by atoms with Crippen molar-refractivity contribution >= 4 is 35.3 Å². The molecule has 3 atom stereocenters. The van der Waals surface area contributed by atoms with Gasteiger partial charge in [0.25, 0.3) is 0 Å². The third-order valence-electron chi connectivity index (χ3n) is 8.22. The van der Waals surface area contributed by atoms with Crippen molar-refractivity contribution in [2.24, 2.45) is 17.8 Å². The van der Waals surface area contributed by atoms with Gasteiger partial charge in [0.15, 0.2) is 0 Å². The Hall–Kier alpha value is -3.53. The van der Waals surface area contributed by atoms with Crippen LogP contribution in [0.25, 0.3) is 10.4 Å². The molecule has 2 aliphatic heterocycles. The maximum Gasteiger partial charge on any atom is 0.243 e. The normalized spacial score (nSPS) is 19.7. The third-order valence-corrected chi connectivity index (χ3v) is 9.20. The van der Waals surface area contributed by atoms with Gasteiger partial charge in [0.1, 0.15) is 23.9 Å². The summed E-state index contributed by atoms with van der Waals surface area (Å²) < 4.78 is 0. The molecule has 4 rings (SSSR count). The second-order valence-electron chi connectivity index (χ2n) is 11.4. The first kappa shape index (κ1) is 30.4. The highest BCUT2D eigenvalue weighted by atomic mass is 32.1. The molecule has 1 aromatic heterocycles. The first-order valence-corrected chi connectivity index (χ1v) is 15.3. The largest absolute Gasteiger partial charge is 0.511 e. The lowest BCUT2D eigenvalue weighted by molar-refractivity contribution is -0.142. The minimum atomic E-state index is -0.851. The molecule has 10 heteroatoms. The Morgan fingerprint density at radius 1 is 1.12 bits per heavy atom. The predicted octanol–water partition coefficient (Wildman–Crippen LogP) is 4.89. The van der Waals surface area contributed by atoms with Crippen LogP contribution in [0.5, 0.6) is 0 Å². The van der Waals surface area contributed by atoms with E-state index in [0.29, 0.717) is 45.3 Å². The van der Waals surface area contributed by atoms with Crippen molar-refractivity contribution in [2.45, 2.75) is 65.5 Å². The Bertz CT molecular complexity index is 1280. The Morgan fingerprint density at radius 2 is 1.80 bits per heavy atom. The highest BCUT2D eigenvalue weighted by Gasteiger charge is 2.40. The fourth-order valence-electron chi connectivity index (χ4n) is 5.73. The smallest absolute Gasteiger partial charge is 0.243 e. The molecule has 220 valence electrons. The van der Waals surface area contributed by atoms with Crippen LogP contribution in [-0.4, -0.2) is 69.5 Å². The van der Waals surface area contributed by atoms with E-state index in [1.165, 1.54) is 6.08 Å². The predicted molar refractivity (Wildman–Crippen MR) is 161 cm³/mol. The molecular weight excluding hydrogens is 538 g/mol. The van der Waals surface area contributed by atoms with Gasteiger partial charge in [0.05, 0.1) is 28.0 Å². The Labute approximate surface area is 246 Å². The standard InChI is InChI=1S/C31H41N5O4S/c1-19(2)28(26(38)16-27(32)35-14-11-22(17-37)12-15-35)31(40)36-13-5-6-25(36)30(39)34-20(3)23-7-9-24(10-8-23)29-21(4)33-18-41-29/h7-10,16-20,22,25,28,32,38H,5-6,11-15H2,1-4H3,(H,34,39)/b26-16-,32-27?/t20?,25?,28-/m1/s1. The molecule has 1 aromatic carbocycles. The highest BCUT2D eigenvalue weighted by Crippen LogP contribution is 2.30. The van der Waals surface area contributed by atoms with Crippen LogP contribution >= 0.6 is 11.3 Å². The van der Waals surface area contributed by atoms with Crippen molar-refractivity contribution in [3.63, 3.8) is 0 Å². The number of amidine groups is 1. The van der Waals surface area contributed by atoms with Gasteiger partial charge >= 0.3 is 0 Å². The summed E-state index contributed by atoms with van der Waals surface area (Å²) in [5.74, 6) is -1.60. The Kier molecular flexibility index (Phi) is 9.96. The minimum Gasteiger partial charge on any atom is -0.511 e. The van der Waals surface area contributed by atoms with E-state index >= 15 is 0 Å². The fourth-order valence-corrected chi connectivity index (χ4v) is 6.54. The van der Waals surface area contributed by atoms with Crippen LogP contribution in [0.2, 0.25) is 0 Å². The summed E-state index contributed by atoms with van der Waals surface area (Å²) in [6.45, 7) is 9.20. The first-order valence-electron chi connectivity index (χ1n) is 14.4. The zero-order valence-electron chi connectivity index (χ0n) is 24.3. The van der Waals surface area contributed by atoms with Gasteiger partial charge in [-0.1, -0.05) is 38.1 Å². The Morgan fingerprint density at radius 3 is 2.39 bits per heavy atom. The summed E-state index contributed by atoms with van der Waals surface area (Å²) >= 11 is 1.60. The maximum absolute atomic E-state index is 13.7. The van der Waals surface area contributed by atoms with Gasteiger partial charge in [-0.05, 0) is 56.6 Å². The molecule has 3 heterocycles. The van der Waals surface area contributed by atoms with Gasteiger partial charge in [0, 0.05) is 31.6 Å². The molecule has 0 spiro atoms. The Balaban J connectivity index is 1.41. The molecule has 2 aromatic rings. The highest BCUT2D eigenvalue weighted by molar-refractivity contribution is 7.13. The lowest BCUT2D eigenvalue weighted by Crippen LogP contribution is -2.49. The van der Waals surface area contributed by atoms with Crippen molar-refractivity contribution in [1.29, 1.82) is 5.41 Å². The molecule has 0 aliphatic carbocycles. The van der Waals surface area contributed by atoms with Crippen LogP contribution in [0, 0.1) is 30.1 Å². The van der Waals surface area contributed by atoms with Crippen molar-refractivity contribution in [1.82, 2.24) is 20.1 Å². The van der Waals surface area contributed by atoms with Crippen molar-refractivity contribution < 1.29 is 19.5 Å². The molecule has 0 radical (unpaired) electrons. The summed E-state index contributed by atoms with van der Waals surface area (Å²) in [5.41, 5.74) is 4.88. The molecule has 41 heavy (non-hydrogen) atoms. The molecule has 2 saturated heterocycles. The van der Waals surface area contributed by atoms with Crippen LogP contribution in [-0.2, 0) is 14.4 Å². The number of aryl methyl sites for hydroxylation is 1. The average Bonchev–Trinajstić information content (AvgIpc) is 3.62. The average molecular weight is 580 g/mol. The van der Waals surface area contributed by atoms with Gasteiger partial charge in [-0.25, -0.2) is 4.98 Å². The molecule has 3 N–H and O–H groups in total. The topological polar surface area (TPSA) is 127 Å². The molecule has 2 aliphatic rings. The van der Waals surface area contributed by atoms with Gasteiger partial charge in [-0.3, -0.25) is 15.0 Å². The number of hydrogen-bond acceptors (Lipinski definition) is 7. The quantitative estimate of drug-likeness (QED) is 0.168. The number of aliphatic hydroxyl groups is 1. The summed E-state index contributed by atoms with van der Waals surface area (Å²) in [5, 5.41) is 22.6. The van der Waals surface area contributed by atoms with E-state index in [4.69, 9.17) is 5.41 Å². The summed E-state index contributed by atoms with van der Waals surface area (Å²) in [6.07, 6.45) is 4.93. The van der Waals surface area contributed by atoms with Gasteiger partial charge in [-0.2, -0.15) is 0 Å². The maximum atomic E-state index is 13.7. The number of thiazole rings is 1.